The number of unbranched alkanes of at least 4 members (excludes halogenated alkanes) is 2. The molecule has 0 unspecified atom stereocenters. The first-order valence-electron chi connectivity index (χ1n) is 43.9. The summed E-state index contributed by atoms with van der Waals surface area (Å²) in [7, 11) is 3.32. The molecule has 12 amide bonds. The lowest BCUT2D eigenvalue weighted by Crippen LogP contribution is -2.58. The number of likely N-dealkylation sites (N-methyl/N-ethyl adjacent to an activating group) is 1. The van der Waals surface area contributed by atoms with Gasteiger partial charge in [0.15, 0.2) is 6.10 Å². The van der Waals surface area contributed by atoms with Crippen LogP contribution in [0.15, 0.2) is 102 Å². The fraction of sp³-hybridized carbons (Fsp3) is 0.554. The van der Waals surface area contributed by atoms with Crippen molar-refractivity contribution in [1.29, 1.82) is 0 Å². The van der Waals surface area contributed by atoms with E-state index >= 15 is 4.79 Å². The maximum Gasteiger partial charge on any atom is 0.411 e. The Kier molecular flexibility index (Phi) is 43.9. The molecule has 4 aromatic carbocycles. The summed E-state index contributed by atoms with van der Waals surface area (Å²) in [4.78, 5) is 176. The van der Waals surface area contributed by atoms with Gasteiger partial charge in [0.1, 0.15) is 35.4 Å². The molecule has 35 heteroatoms. The van der Waals surface area contributed by atoms with E-state index < -0.39 is 107 Å². The normalized spacial score (nSPS) is 14.8. The zero-order valence-corrected chi connectivity index (χ0v) is 75.9. The van der Waals surface area contributed by atoms with Crippen LogP contribution in [0.3, 0.4) is 0 Å². The average Bonchev–Trinajstić information content (AvgIpc) is 1.81. The number of nitrogens with one attached hydrogen (secondary N) is 9. The largest absolute Gasteiger partial charge is 0.481 e. The van der Waals surface area contributed by atoms with Crippen molar-refractivity contribution in [1.82, 2.24) is 52.2 Å². The van der Waals surface area contributed by atoms with E-state index in [4.69, 9.17) is 44.0 Å². The number of hydrogen-bond donors (Lipinski definition) is 11. The molecule has 0 bridgehead atoms. The van der Waals surface area contributed by atoms with Crippen LogP contribution in [0.1, 0.15) is 202 Å². The first kappa shape index (κ1) is 103. The number of nitrogens with two attached hydrogens (primary N) is 1. The van der Waals surface area contributed by atoms with Gasteiger partial charge >= 0.3 is 24.2 Å². The number of fused-ring (bicyclic) bond motifs is 2. The third-order valence-electron chi connectivity index (χ3n) is 21.8. The molecule has 7 rings (SSSR count). The molecule has 1 saturated heterocycles. The number of carboxylic acid groups (broad SMARTS) is 1. The highest BCUT2D eigenvalue weighted by Gasteiger charge is 2.41. The number of alkyl carbamates (subject to hydrolysis) is 1. The number of urea groups is 1. The van der Waals surface area contributed by atoms with Gasteiger partial charge in [-0.3, -0.25) is 58.2 Å². The molecule has 1 fully saturated rings. The number of primary amides is 1. The Morgan fingerprint density at radius 2 is 1.31 bits per heavy atom. The van der Waals surface area contributed by atoms with Crippen molar-refractivity contribution < 1.29 is 95.9 Å². The predicted molar refractivity (Wildman–Crippen MR) is 480 cm³/mol. The number of hydrogen-bond acceptors (Lipinski definition) is 22. The number of carboxylic acids is 1. The molecule has 34 nitrogen and oxygen atoms in total. The molecule has 12 N–H and O–H groups in total. The van der Waals surface area contributed by atoms with Gasteiger partial charge in [0.25, 0.3) is 11.8 Å². The maximum absolute atomic E-state index is 15.0. The third-order valence-corrected chi connectivity index (χ3v) is 22.7. The van der Waals surface area contributed by atoms with Gasteiger partial charge in [-0.05, 0) is 149 Å². The van der Waals surface area contributed by atoms with Gasteiger partial charge in [-0.2, -0.15) is 0 Å². The Morgan fingerprint density at radius 3 is 1.95 bits per heavy atom. The Balaban J connectivity index is 0.826. The number of hydroxylamine groups is 2. The minimum Gasteiger partial charge on any atom is -0.481 e. The highest BCUT2D eigenvalue weighted by molar-refractivity contribution is 7.09. The predicted octanol–water partition coefficient (Wildman–Crippen LogP) is 9.82. The van der Waals surface area contributed by atoms with E-state index in [1.165, 1.54) is 17.5 Å². The first-order valence-corrected chi connectivity index (χ1v) is 44.7. The summed E-state index contributed by atoms with van der Waals surface area (Å²) in [6.45, 7) is 19.7. The molecule has 3 heterocycles. The summed E-state index contributed by atoms with van der Waals surface area (Å²) < 4.78 is 33.9. The smallest absolute Gasteiger partial charge is 0.411 e. The van der Waals surface area contributed by atoms with Crippen LogP contribution < -0.4 is 58.5 Å². The summed E-state index contributed by atoms with van der Waals surface area (Å²) in [6.07, 6.45) is 3.28. The molecule has 1 aromatic heterocycles. The SMILES string of the molecule is CCCCCON(C(=O)[C@@H](NC(=O)[C@H]1CCCCN1C)[C@@H](C)CC)[C@H](C[C@@H](OC(=O)NC)c1nc(C(=O)N[C@@H](Cc2ccc(NC(=O)OCc3ccc(NC(=O)[C@H](CCCNC(N)=O)NC(=O)[C@@H](NC(=O)CCOCCOCCOCCOCCNC(=O)CCC(=O)N4Cc5ccccc5C#Cc5ccccc54)C(C)C)cc3)cc2)CC(C)(C)C(=O)O)cs1)C(C)C. The molecule has 0 aliphatic carbocycles. The van der Waals surface area contributed by atoms with Crippen LogP contribution in [-0.2, 0) is 91.2 Å². The van der Waals surface area contributed by atoms with E-state index in [1.807, 2.05) is 88.2 Å². The van der Waals surface area contributed by atoms with Crippen molar-refractivity contribution in [2.75, 3.05) is 109 Å². The molecular formula is C92H130N14O20S. The second kappa shape index (κ2) is 54.1. The number of ether oxygens (including phenoxy) is 6. The number of benzene rings is 4. The summed E-state index contributed by atoms with van der Waals surface area (Å²) in [5, 5.41) is 38.2. The fourth-order valence-corrected chi connectivity index (χ4v) is 15.0. The average molecular weight is 1780 g/mol. The van der Waals surface area contributed by atoms with E-state index in [9.17, 15) is 57.8 Å². The number of amides is 12. The van der Waals surface area contributed by atoms with Gasteiger partial charge in [-0.25, -0.2) is 24.4 Å². The van der Waals surface area contributed by atoms with E-state index in [-0.39, 0.29) is 164 Å². The van der Waals surface area contributed by atoms with Crippen molar-refractivity contribution >= 4 is 99.8 Å². The van der Waals surface area contributed by atoms with Crippen LogP contribution in [0.4, 0.5) is 31.4 Å². The first-order chi connectivity index (χ1) is 60.9. The van der Waals surface area contributed by atoms with E-state index in [0.29, 0.717) is 60.6 Å². The molecule has 2 aliphatic rings. The number of carbonyl (C=O) groups excluding carboxylic acids is 11. The molecule has 0 radical (unpaired) electrons. The standard InChI is InChI=1S/C92H130N14O20S/c1-12-14-21-45-125-106(87(114)81(62(7)13-2)103-84(112)74-28-19-20-44-104(74)11)75(60(3)4)55-76(126-90(118)94-10)86-101-72(59-127-86)83(111)98-70(56-92(8,9)88(115)116)54-63-29-35-69(36-30-63)99-91(119)124-58-64-31-37-68(38-32-64)97-82(110)71(26-22-42-96-89(93)117)100-85(113)80(61(5)6)102-78(108)41-46-120-48-50-122-52-53-123-51-49-121-47-43-95-77(107)39-40-79(109)105-57-67-25-16-15-23-65(67)33-34-66-24-17-18-27-73(66)105/h15-18,23-25,27,29-32,35-38,59-62,70-71,74-76,80-81H,12-14,19-22,26,28,39-58H2,1-11H3,(H,94,118)(H,95,107)(H,97,110)(H,98,111)(H,99,119)(H,100,113)(H,102,108)(H,103,112)(H,115,116)(H3,93,96,117)/t62-,70-,71-,74+,75+,76+,80-,81-/m0/s1. The van der Waals surface area contributed by atoms with Crippen molar-refractivity contribution in [2.24, 2.45) is 28.9 Å². The summed E-state index contributed by atoms with van der Waals surface area (Å²) in [5.74, 6) is 0.921. The molecule has 0 saturated carbocycles. The van der Waals surface area contributed by atoms with E-state index in [2.05, 4.69) is 66.6 Å². The minimum absolute atomic E-state index is 0.00102. The number of likely N-dealkylation sites (tertiary alicyclic amines) is 1. The van der Waals surface area contributed by atoms with Crippen LogP contribution in [-0.4, -0.2) is 221 Å². The number of para-hydroxylation sites is 1. The number of aliphatic carboxylic acids is 1. The Labute approximate surface area is 748 Å². The van der Waals surface area contributed by atoms with Crippen molar-refractivity contribution in [3.05, 3.63) is 141 Å². The Hall–Kier alpha value is -11.1. The summed E-state index contributed by atoms with van der Waals surface area (Å²) >= 11 is 1.07. The van der Waals surface area contributed by atoms with Crippen LogP contribution in [0, 0.1) is 35.0 Å². The molecule has 2 aliphatic heterocycles. The molecule has 8 atom stereocenters. The molecule has 5 aromatic rings. The van der Waals surface area contributed by atoms with Crippen molar-refractivity contribution in [3.8, 4) is 11.8 Å². The van der Waals surface area contributed by atoms with Gasteiger partial charge in [0.2, 0.25) is 35.4 Å². The van der Waals surface area contributed by atoms with E-state index in [0.717, 1.165) is 60.3 Å². The minimum atomic E-state index is -1.31. The lowest BCUT2D eigenvalue weighted by molar-refractivity contribution is -0.212. The topological polar surface area (TPSA) is 447 Å². The van der Waals surface area contributed by atoms with Gasteiger partial charge in [-0.1, -0.05) is 141 Å². The quantitative estimate of drug-likeness (QED) is 0.00979. The molecule has 694 valence electrons. The number of nitrogens with zero attached hydrogens (tertiary/aromatic N) is 4. The lowest BCUT2D eigenvalue weighted by Gasteiger charge is -2.39. The maximum atomic E-state index is 15.0. The highest BCUT2D eigenvalue weighted by Crippen LogP contribution is 2.34. The number of carbonyl (C=O) groups is 12. The molecule has 0 spiro atoms. The number of thiazole rings is 1. The molecular weight excluding hydrogens is 1650 g/mol. The lowest BCUT2D eigenvalue weighted by atomic mass is 9.84. The Morgan fingerprint density at radius 1 is 0.661 bits per heavy atom. The van der Waals surface area contributed by atoms with Gasteiger partial charge in [-0.15, -0.1) is 11.3 Å². The van der Waals surface area contributed by atoms with Crippen LogP contribution >= 0.6 is 11.3 Å². The second-order valence-corrected chi connectivity index (χ2v) is 33.8. The number of rotatable bonds is 54. The zero-order chi connectivity index (χ0) is 92.4. The van der Waals surface area contributed by atoms with Gasteiger partial charge in [0.05, 0.1) is 89.2 Å². The number of aromatic nitrogens is 1. The monoisotopic (exact) mass is 1780 g/mol. The van der Waals surface area contributed by atoms with E-state index in [1.54, 1.807) is 81.1 Å². The van der Waals surface area contributed by atoms with Gasteiger partial charge < -0.3 is 86.7 Å². The third kappa shape index (κ3) is 35.2. The van der Waals surface area contributed by atoms with Crippen LogP contribution in [0.5, 0.6) is 0 Å². The van der Waals surface area contributed by atoms with Crippen molar-refractivity contribution in [3.63, 3.8) is 0 Å². The molecule has 127 heavy (non-hydrogen) atoms. The van der Waals surface area contributed by atoms with Crippen LogP contribution in [0.25, 0.3) is 0 Å². The second-order valence-electron chi connectivity index (χ2n) is 32.9. The van der Waals surface area contributed by atoms with Crippen molar-refractivity contribution in [2.45, 2.75) is 214 Å². The Bertz CT molecular complexity index is 4460. The van der Waals surface area contributed by atoms with Gasteiger partial charge in [0, 0.05) is 79.7 Å². The van der Waals surface area contributed by atoms with Crippen LogP contribution in [0.2, 0.25) is 0 Å². The number of anilines is 3. The zero-order valence-electron chi connectivity index (χ0n) is 75.1. The fourth-order valence-electron chi connectivity index (χ4n) is 14.1. The highest BCUT2D eigenvalue weighted by atomic mass is 32.1. The summed E-state index contributed by atoms with van der Waals surface area (Å²) in [6, 6.07) is 22.5. The summed E-state index contributed by atoms with van der Waals surface area (Å²) in [5.41, 5.74) is 9.12. The number of piperidine rings is 1.